The van der Waals surface area contributed by atoms with Crippen molar-refractivity contribution in [2.75, 3.05) is 53.0 Å². The topological polar surface area (TPSA) is 78.0 Å². The molecule has 1 amide bonds. The molecule has 1 aliphatic rings. The summed E-state index contributed by atoms with van der Waals surface area (Å²) in [6.07, 6.45) is 1.15. The molecule has 154 valence electrons. The highest BCUT2D eigenvalue weighted by Gasteiger charge is 2.22. The van der Waals surface area contributed by atoms with Crippen LogP contribution in [0, 0.1) is 11.8 Å². The second-order valence-electron chi connectivity index (χ2n) is 7.26. The molecule has 1 fully saturated rings. The Hall–Kier alpha value is -0.610. The number of nitrogens with zero attached hydrogens (tertiary/aromatic N) is 2. The molecule has 1 heterocycles. The summed E-state index contributed by atoms with van der Waals surface area (Å²) in [5.41, 5.74) is 0. The van der Waals surface area contributed by atoms with Gasteiger partial charge in [0.25, 0.3) is 0 Å². The van der Waals surface area contributed by atoms with Crippen LogP contribution in [0.25, 0.3) is 0 Å². The van der Waals surface area contributed by atoms with E-state index in [0.29, 0.717) is 25.0 Å². The summed E-state index contributed by atoms with van der Waals surface area (Å²) >= 11 is 0. The first-order valence-corrected chi connectivity index (χ1v) is 9.48. The van der Waals surface area contributed by atoms with Gasteiger partial charge in [0.1, 0.15) is 0 Å². The molecular weight excluding hydrogens is 445 g/mol. The summed E-state index contributed by atoms with van der Waals surface area (Å²) < 4.78 is 5.47. The van der Waals surface area contributed by atoms with Crippen molar-refractivity contribution >= 4 is 35.8 Å². The van der Waals surface area contributed by atoms with E-state index in [1.807, 2.05) is 13.8 Å². The van der Waals surface area contributed by atoms with E-state index in [1.165, 1.54) is 0 Å². The van der Waals surface area contributed by atoms with Gasteiger partial charge in [0.05, 0.1) is 13.2 Å². The molecule has 0 aromatic carbocycles. The van der Waals surface area contributed by atoms with Crippen molar-refractivity contribution in [2.24, 2.45) is 16.8 Å². The van der Waals surface area contributed by atoms with E-state index in [-0.39, 0.29) is 35.8 Å². The Kier molecular flexibility index (Phi) is 14.1. The van der Waals surface area contributed by atoms with E-state index in [0.717, 1.165) is 45.2 Å². The molecular formula is C18H38IN5O2. The third kappa shape index (κ3) is 10.5. The molecule has 1 atom stereocenters. The minimum atomic E-state index is 0. The van der Waals surface area contributed by atoms with Crippen molar-refractivity contribution in [2.45, 2.75) is 40.2 Å². The van der Waals surface area contributed by atoms with Crippen LogP contribution in [0.1, 0.15) is 34.1 Å². The second-order valence-corrected chi connectivity index (χ2v) is 7.26. The van der Waals surface area contributed by atoms with Crippen LogP contribution in [0.2, 0.25) is 0 Å². The zero-order valence-corrected chi connectivity index (χ0v) is 19.3. The van der Waals surface area contributed by atoms with Gasteiger partial charge in [-0.2, -0.15) is 0 Å². The van der Waals surface area contributed by atoms with E-state index in [1.54, 1.807) is 7.05 Å². The van der Waals surface area contributed by atoms with Crippen LogP contribution in [0.3, 0.4) is 0 Å². The lowest BCUT2D eigenvalue weighted by Gasteiger charge is -2.35. The number of hydrogen-bond acceptors (Lipinski definition) is 4. The molecule has 3 N–H and O–H groups in total. The number of ether oxygens (including phenoxy) is 1. The maximum Gasteiger partial charge on any atom is 0.222 e. The summed E-state index contributed by atoms with van der Waals surface area (Å²) in [5.74, 6) is 1.52. The number of hydrogen-bond donors (Lipinski definition) is 3. The van der Waals surface area contributed by atoms with Crippen molar-refractivity contribution < 1.29 is 9.53 Å². The minimum Gasteiger partial charge on any atom is -0.379 e. The highest BCUT2D eigenvalue weighted by molar-refractivity contribution is 14.0. The van der Waals surface area contributed by atoms with Gasteiger partial charge in [0.2, 0.25) is 5.91 Å². The van der Waals surface area contributed by atoms with Gasteiger partial charge in [0, 0.05) is 51.7 Å². The van der Waals surface area contributed by atoms with Crippen molar-refractivity contribution in [3.63, 3.8) is 0 Å². The van der Waals surface area contributed by atoms with Gasteiger partial charge in [-0.3, -0.25) is 14.7 Å². The number of rotatable bonds is 9. The number of amides is 1. The Morgan fingerprint density at radius 1 is 1.08 bits per heavy atom. The highest BCUT2D eigenvalue weighted by Crippen LogP contribution is 2.12. The fraction of sp³-hybridized carbons (Fsp3) is 0.889. The first-order valence-electron chi connectivity index (χ1n) is 9.48. The molecule has 0 aromatic rings. The van der Waals surface area contributed by atoms with E-state index in [9.17, 15) is 4.79 Å². The maximum atomic E-state index is 11.5. The monoisotopic (exact) mass is 483 g/mol. The Balaban J connectivity index is 0.00000625. The van der Waals surface area contributed by atoms with Crippen LogP contribution < -0.4 is 16.0 Å². The van der Waals surface area contributed by atoms with Gasteiger partial charge < -0.3 is 20.7 Å². The van der Waals surface area contributed by atoms with Crippen LogP contribution in [0.4, 0.5) is 0 Å². The van der Waals surface area contributed by atoms with Gasteiger partial charge in [-0.1, -0.05) is 27.7 Å². The van der Waals surface area contributed by atoms with E-state index in [4.69, 9.17) is 4.74 Å². The standard InChI is InChI=1S/C18H37N5O2.HI/c1-14(2)12-16(23-8-10-25-11-9-23)13-22-18(19-5)21-7-6-20-17(24)15(3)4;/h14-16H,6-13H2,1-5H3,(H,20,24)(H2,19,21,22);1H. The fourth-order valence-electron chi connectivity index (χ4n) is 2.85. The molecule has 8 heteroatoms. The predicted octanol–water partition coefficient (Wildman–Crippen LogP) is 1.29. The number of nitrogens with one attached hydrogen (secondary N) is 3. The largest absolute Gasteiger partial charge is 0.379 e. The minimum absolute atomic E-state index is 0. The first kappa shape index (κ1) is 25.4. The van der Waals surface area contributed by atoms with Crippen molar-refractivity contribution in [3.8, 4) is 0 Å². The maximum absolute atomic E-state index is 11.5. The van der Waals surface area contributed by atoms with Gasteiger partial charge >= 0.3 is 0 Å². The quantitative estimate of drug-likeness (QED) is 0.200. The Bertz CT molecular complexity index is 412. The molecule has 1 saturated heterocycles. The summed E-state index contributed by atoms with van der Waals surface area (Å²) in [7, 11) is 1.77. The number of carbonyl (C=O) groups is 1. The zero-order valence-electron chi connectivity index (χ0n) is 17.0. The molecule has 1 unspecified atom stereocenters. The van der Waals surface area contributed by atoms with E-state index in [2.05, 4.69) is 39.7 Å². The highest BCUT2D eigenvalue weighted by atomic mass is 127. The number of halogens is 1. The molecule has 0 radical (unpaired) electrons. The van der Waals surface area contributed by atoms with Crippen LogP contribution in [-0.2, 0) is 9.53 Å². The van der Waals surface area contributed by atoms with Crippen molar-refractivity contribution in [1.82, 2.24) is 20.9 Å². The lowest BCUT2D eigenvalue weighted by Crippen LogP contribution is -2.51. The summed E-state index contributed by atoms with van der Waals surface area (Å²) in [6.45, 7) is 14.0. The van der Waals surface area contributed by atoms with Crippen LogP contribution in [0.5, 0.6) is 0 Å². The van der Waals surface area contributed by atoms with Gasteiger partial charge in [-0.15, -0.1) is 24.0 Å². The molecule has 26 heavy (non-hydrogen) atoms. The lowest BCUT2D eigenvalue weighted by atomic mass is 10.0. The normalized spacial score (nSPS) is 17.0. The van der Waals surface area contributed by atoms with Gasteiger partial charge in [-0.05, 0) is 12.3 Å². The van der Waals surface area contributed by atoms with Crippen LogP contribution in [0.15, 0.2) is 4.99 Å². The molecule has 0 aromatic heterocycles. The Labute approximate surface area is 176 Å². The Morgan fingerprint density at radius 2 is 1.69 bits per heavy atom. The third-order valence-electron chi connectivity index (χ3n) is 4.28. The fourth-order valence-corrected chi connectivity index (χ4v) is 2.85. The molecule has 0 bridgehead atoms. The van der Waals surface area contributed by atoms with Crippen LogP contribution in [-0.4, -0.2) is 75.8 Å². The summed E-state index contributed by atoms with van der Waals surface area (Å²) in [5, 5.41) is 9.58. The molecule has 7 nitrogen and oxygen atoms in total. The smallest absolute Gasteiger partial charge is 0.222 e. The number of carbonyl (C=O) groups excluding carboxylic acids is 1. The van der Waals surface area contributed by atoms with Gasteiger partial charge in [-0.25, -0.2) is 0 Å². The van der Waals surface area contributed by atoms with E-state index >= 15 is 0 Å². The molecule has 1 rings (SSSR count). The second kappa shape index (κ2) is 14.4. The molecule has 0 spiro atoms. The first-order chi connectivity index (χ1) is 11.9. The predicted molar refractivity (Wildman–Crippen MR) is 118 cm³/mol. The van der Waals surface area contributed by atoms with Crippen LogP contribution >= 0.6 is 24.0 Å². The lowest BCUT2D eigenvalue weighted by molar-refractivity contribution is -0.123. The molecule has 0 saturated carbocycles. The van der Waals surface area contributed by atoms with Gasteiger partial charge in [0.15, 0.2) is 5.96 Å². The SMILES string of the molecule is CN=C(NCCNC(=O)C(C)C)NCC(CC(C)C)N1CCOCC1.I. The number of guanidine groups is 1. The third-order valence-corrected chi connectivity index (χ3v) is 4.28. The average Bonchev–Trinajstić information content (AvgIpc) is 2.60. The average molecular weight is 483 g/mol. The summed E-state index contributed by atoms with van der Waals surface area (Å²) in [6, 6.07) is 0.475. The van der Waals surface area contributed by atoms with E-state index < -0.39 is 0 Å². The zero-order chi connectivity index (χ0) is 18.7. The number of aliphatic imine (C=N–C) groups is 1. The summed E-state index contributed by atoms with van der Waals surface area (Å²) in [4.78, 5) is 18.3. The van der Waals surface area contributed by atoms with Crippen molar-refractivity contribution in [3.05, 3.63) is 0 Å². The Morgan fingerprint density at radius 3 is 2.23 bits per heavy atom. The van der Waals surface area contributed by atoms with Crippen molar-refractivity contribution in [1.29, 1.82) is 0 Å². The molecule has 0 aliphatic carbocycles. The molecule has 1 aliphatic heterocycles. The number of morpholine rings is 1.